The van der Waals surface area contributed by atoms with Gasteiger partial charge in [-0.3, -0.25) is 0 Å². The Morgan fingerprint density at radius 1 is 1.21 bits per heavy atom. The summed E-state index contributed by atoms with van der Waals surface area (Å²) >= 11 is 6.01. The van der Waals surface area contributed by atoms with Crippen LogP contribution in [-0.2, 0) is 0 Å². The summed E-state index contributed by atoms with van der Waals surface area (Å²) in [4.78, 5) is 3.99. The summed E-state index contributed by atoms with van der Waals surface area (Å²) in [5, 5.41) is 3.51. The molecule has 1 atom stereocenters. The molecule has 0 fully saturated rings. The fourth-order valence-corrected chi connectivity index (χ4v) is 2.04. The Morgan fingerprint density at radius 3 is 2.58 bits per heavy atom. The van der Waals surface area contributed by atoms with Gasteiger partial charge in [-0.2, -0.15) is 0 Å². The highest BCUT2D eigenvalue weighted by molar-refractivity contribution is 6.32. The molecule has 2 rings (SSSR count). The van der Waals surface area contributed by atoms with Gasteiger partial charge in [-0.1, -0.05) is 17.7 Å². The van der Waals surface area contributed by atoms with Crippen molar-refractivity contribution in [2.24, 2.45) is 0 Å². The number of nitrogens with one attached hydrogen (secondary N) is 1. The number of pyridine rings is 1. The van der Waals surface area contributed by atoms with E-state index >= 15 is 0 Å². The van der Waals surface area contributed by atoms with Crippen LogP contribution in [-0.4, -0.2) is 4.98 Å². The molecule has 0 aliphatic carbocycles. The molecule has 1 unspecified atom stereocenters. The van der Waals surface area contributed by atoms with E-state index in [-0.39, 0.29) is 6.04 Å². The number of hydrogen-bond donors (Lipinski definition) is 1. The number of benzene rings is 1. The zero-order chi connectivity index (χ0) is 14.0. The molecule has 2 aromatic rings. The van der Waals surface area contributed by atoms with Gasteiger partial charge in [0.25, 0.3) is 0 Å². The maximum atomic E-state index is 13.2. The number of aryl methyl sites for hydroxylation is 1. The van der Waals surface area contributed by atoms with Crippen molar-refractivity contribution in [2.45, 2.75) is 19.9 Å². The Hall–Kier alpha value is -1.68. The third kappa shape index (κ3) is 3.01. The number of hydrogen-bond acceptors (Lipinski definition) is 2. The van der Waals surface area contributed by atoms with Crippen LogP contribution in [0, 0.1) is 18.6 Å². The van der Waals surface area contributed by atoms with Crippen LogP contribution in [0.15, 0.2) is 30.5 Å². The smallest absolute Gasteiger partial charge is 0.159 e. The lowest BCUT2D eigenvalue weighted by molar-refractivity contribution is 0.506. The first-order chi connectivity index (χ1) is 8.99. The van der Waals surface area contributed by atoms with Gasteiger partial charge in [0.05, 0.1) is 5.69 Å². The molecule has 0 aliphatic rings. The number of aromatic nitrogens is 1. The molecule has 1 aromatic heterocycles. The van der Waals surface area contributed by atoms with Crippen LogP contribution in [0.1, 0.15) is 24.1 Å². The van der Waals surface area contributed by atoms with Crippen molar-refractivity contribution in [3.63, 3.8) is 0 Å². The van der Waals surface area contributed by atoms with Gasteiger partial charge in [0.15, 0.2) is 16.8 Å². The van der Waals surface area contributed by atoms with Crippen molar-refractivity contribution in [1.29, 1.82) is 0 Å². The molecule has 0 bridgehead atoms. The first-order valence-electron chi connectivity index (χ1n) is 5.81. The molecule has 5 heteroatoms. The van der Waals surface area contributed by atoms with Crippen molar-refractivity contribution in [1.82, 2.24) is 4.98 Å². The largest absolute Gasteiger partial charge is 0.376 e. The van der Waals surface area contributed by atoms with E-state index in [0.717, 1.165) is 11.6 Å². The zero-order valence-electron chi connectivity index (χ0n) is 10.5. The standard InChI is InChI=1S/C14H13ClF2N2/c1-8-5-6-18-14(15)13(8)19-9(2)10-3-4-11(16)12(17)7-10/h3-7,9,19H,1-2H3. The van der Waals surface area contributed by atoms with E-state index in [2.05, 4.69) is 10.3 Å². The normalized spacial score (nSPS) is 12.3. The second kappa shape index (κ2) is 5.53. The van der Waals surface area contributed by atoms with E-state index in [9.17, 15) is 8.78 Å². The van der Waals surface area contributed by atoms with E-state index in [4.69, 9.17) is 11.6 Å². The lowest BCUT2D eigenvalue weighted by Gasteiger charge is -2.18. The van der Waals surface area contributed by atoms with E-state index in [0.29, 0.717) is 16.4 Å². The lowest BCUT2D eigenvalue weighted by atomic mass is 10.1. The Labute approximate surface area is 115 Å². The molecule has 0 amide bonds. The van der Waals surface area contributed by atoms with E-state index < -0.39 is 11.6 Å². The fraction of sp³-hybridized carbons (Fsp3) is 0.214. The zero-order valence-corrected chi connectivity index (χ0v) is 11.3. The van der Waals surface area contributed by atoms with Gasteiger partial charge in [0.2, 0.25) is 0 Å². The molecule has 100 valence electrons. The van der Waals surface area contributed by atoms with Gasteiger partial charge in [0.1, 0.15) is 0 Å². The highest BCUT2D eigenvalue weighted by Gasteiger charge is 2.12. The Balaban J connectivity index is 2.25. The highest BCUT2D eigenvalue weighted by atomic mass is 35.5. The van der Waals surface area contributed by atoms with Crippen molar-refractivity contribution < 1.29 is 8.78 Å². The lowest BCUT2D eigenvalue weighted by Crippen LogP contribution is -2.09. The van der Waals surface area contributed by atoms with Crippen LogP contribution in [0.5, 0.6) is 0 Å². The highest BCUT2D eigenvalue weighted by Crippen LogP contribution is 2.27. The summed E-state index contributed by atoms with van der Waals surface area (Å²) in [6.45, 7) is 3.74. The number of halogens is 3. The SMILES string of the molecule is Cc1ccnc(Cl)c1NC(C)c1ccc(F)c(F)c1. The van der Waals surface area contributed by atoms with Crippen molar-refractivity contribution in [3.05, 3.63) is 58.4 Å². The predicted octanol–water partition coefficient (Wildman–Crippen LogP) is 4.49. The van der Waals surface area contributed by atoms with Crippen LogP contribution in [0.2, 0.25) is 5.15 Å². The number of nitrogens with zero attached hydrogens (tertiary/aromatic N) is 1. The van der Waals surface area contributed by atoms with E-state index in [1.165, 1.54) is 12.1 Å². The van der Waals surface area contributed by atoms with Crippen LogP contribution < -0.4 is 5.32 Å². The summed E-state index contributed by atoms with van der Waals surface area (Å²) in [7, 11) is 0. The predicted molar refractivity (Wildman–Crippen MR) is 72.4 cm³/mol. The molecule has 0 aliphatic heterocycles. The first kappa shape index (κ1) is 13.7. The molecule has 2 nitrogen and oxygen atoms in total. The molecular formula is C14H13ClF2N2. The summed E-state index contributed by atoms with van der Waals surface area (Å²) in [6.07, 6.45) is 1.62. The van der Waals surface area contributed by atoms with E-state index in [1.54, 1.807) is 6.20 Å². The maximum Gasteiger partial charge on any atom is 0.159 e. The average molecular weight is 283 g/mol. The van der Waals surface area contributed by atoms with Crippen LogP contribution in [0.25, 0.3) is 0 Å². The minimum atomic E-state index is -0.861. The summed E-state index contributed by atoms with van der Waals surface area (Å²) < 4.78 is 26.1. The van der Waals surface area contributed by atoms with Crippen LogP contribution in [0.3, 0.4) is 0 Å². The molecule has 19 heavy (non-hydrogen) atoms. The van der Waals surface area contributed by atoms with Gasteiger partial charge in [0, 0.05) is 12.2 Å². The molecule has 1 N–H and O–H groups in total. The summed E-state index contributed by atoms with van der Waals surface area (Å²) in [5.74, 6) is -1.72. The first-order valence-corrected chi connectivity index (χ1v) is 6.19. The Kier molecular flexibility index (Phi) is 4.00. The Morgan fingerprint density at radius 2 is 1.95 bits per heavy atom. The average Bonchev–Trinajstić information content (AvgIpc) is 2.37. The maximum absolute atomic E-state index is 13.2. The Bertz CT molecular complexity index is 582. The second-order valence-corrected chi connectivity index (χ2v) is 4.69. The monoisotopic (exact) mass is 282 g/mol. The van der Waals surface area contributed by atoms with Gasteiger partial charge in [-0.25, -0.2) is 13.8 Å². The van der Waals surface area contributed by atoms with Crippen LogP contribution >= 0.6 is 11.6 Å². The summed E-state index contributed by atoms with van der Waals surface area (Å²) in [5.41, 5.74) is 2.27. The van der Waals surface area contributed by atoms with Crippen molar-refractivity contribution in [2.75, 3.05) is 5.32 Å². The van der Waals surface area contributed by atoms with Crippen molar-refractivity contribution >= 4 is 17.3 Å². The van der Waals surface area contributed by atoms with Crippen LogP contribution in [0.4, 0.5) is 14.5 Å². The molecule has 0 radical (unpaired) electrons. The topological polar surface area (TPSA) is 24.9 Å². The van der Waals surface area contributed by atoms with Gasteiger partial charge < -0.3 is 5.32 Å². The van der Waals surface area contributed by atoms with Gasteiger partial charge >= 0.3 is 0 Å². The number of anilines is 1. The third-order valence-corrected chi connectivity index (χ3v) is 3.20. The molecule has 0 spiro atoms. The third-order valence-electron chi connectivity index (χ3n) is 2.92. The minimum absolute atomic E-state index is 0.212. The summed E-state index contributed by atoms with van der Waals surface area (Å²) in [6, 6.07) is 5.44. The molecular weight excluding hydrogens is 270 g/mol. The van der Waals surface area contributed by atoms with Gasteiger partial charge in [-0.15, -0.1) is 0 Å². The number of rotatable bonds is 3. The second-order valence-electron chi connectivity index (χ2n) is 4.33. The fourth-order valence-electron chi connectivity index (χ4n) is 1.78. The quantitative estimate of drug-likeness (QED) is 0.839. The van der Waals surface area contributed by atoms with Gasteiger partial charge in [-0.05, 0) is 43.2 Å². The minimum Gasteiger partial charge on any atom is -0.376 e. The van der Waals surface area contributed by atoms with E-state index in [1.807, 2.05) is 19.9 Å². The molecule has 0 saturated carbocycles. The van der Waals surface area contributed by atoms with Crippen molar-refractivity contribution in [3.8, 4) is 0 Å². The molecule has 1 aromatic carbocycles. The molecule has 0 saturated heterocycles. The molecule has 1 heterocycles.